The van der Waals surface area contributed by atoms with E-state index >= 15 is 0 Å². The first-order valence-electron chi connectivity index (χ1n) is 9.85. The van der Waals surface area contributed by atoms with E-state index in [2.05, 4.69) is 17.3 Å². The maximum Gasteiger partial charge on any atom is 0.248 e. The van der Waals surface area contributed by atoms with Crippen molar-refractivity contribution in [2.75, 3.05) is 5.32 Å². The molecule has 4 aromatic rings. The van der Waals surface area contributed by atoms with E-state index in [1.807, 2.05) is 53.3 Å². The van der Waals surface area contributed by atoms with Gasteiger partial charge in [0.15, 0.2) is 0 Å². The number of rotatable bonds is 6. The molecule has 0 unspecified atom stereocenters. The molecule has 1 heterocycles. The second-order valence-corrected chi connectivity index (χ2v) is 7.14. The van der Waals surface area contributed by atoms with Gasteiger partial charge in [0.05, 0.1) is 12.2 Å². The minimum absolute atomic E-state index is 0.252. The summed E-state index contributed by atoms with van der Waals surface area (Å²) in [5.74, 6) is -0.560. The van der Waals surface area contributed by atoms with E-state index in [1.165, 1.54) is 18.2 Å². The van der Waals surface area contributed by atoms with Crippen molar-refractivity contribution in [1.82, 2.24) is 9.78 Å². The fraction of sp³-hybridized carbons (Fsp3) is 0.0385. The van der Waals surface area contributed by atoms with E-state index in [1.54, 1.807) is 30.3 Å². The lowest BCUT2D eigenvalue weighted by Gasteiger charge is -2.02. The van der Waals surface area contributed by atoms with E-state index in [-0.39, 0.29) is 11.7 Å². The van der Waals surface area contributed by atoms with Gasteiger partial charge in [-0.2, -0.15) is 5.10 Å². The van der Waals surface area contributed by atoms with Crippen molar-refractivity contribution < 1.29 is 9.18 Å². The standard InChI is InChI=1S/C26H21FN3O/c1-19-7-14-24(15-8-19)28-25(31)16-11-22-18-30(17-20-5-3-2-4-6-20)29-26(22)21-9-12-23(27)13-10-21/h2-16,18H,1,17H2,(H,28,31)/b16-11+. The van der Waals surface area contributed by atoms with Gasteiger partial charge in [-0.3, -0.25) is 9.48 Å². The minimum Gasteiger partial charge on any atom is -0.323 e. The number of aromatic nitrogens is 2. The van der Waals surface area contributed by atoms with Crippen LogP contribution in [0.1, 0.15) is 16.7 Å². The number of carbonyl (C=O) groups is 1. The first-order valence-corrected chi connectivity index (χ1v) is 9.85. The maximum atomic E-state index is 13.4. The topological polar surface area (TPSA) is 46.9 Å². The molecular weight excluding hydrogens is 389 g/mol. The monoisotopic (exact) mass is 410 g/mol. The lowest BCUT2D eigenvalue weighted by Crippen LogP contribution is -2.07. The zero-order chi connectivity index (χ0) is 21.6. The predicted octanol–water partition coefficient (Wildman–Crippen LogP) is 5.57. The molecule has 1 aromatic heterocycles. The molecule has 0 aliphatic rings. The molecule has 1 amide bonds. The van der Waals surface area contributed by atoms with E-state index < -0.39 is 0 Å². The third kappa shape index (κ3) is 5.34. The van der Waals surface area contributed by atoms with Crippen molar-refractivity contribution in [3.8, 4) is 11.3 Å². The summed E-state index contributed by atoms with van der Waals surface area (Å²) < 4.78 is 15.2. The van der Waals surface area contributed by atoms with Crippen LogP contribution in [-0.2, 0) is 11.3 Å². The van der Waals surface area contributed by atoms with Crippen LogP contribution >= 0.6 is 0 Å². The van der Waals surface area contributed by atoms with Gasteiger partial charge in [0, 0.05) is 29.1 Å². The molecule has 31 heavy (non-hydrogen) atoms. The molecule has 4 nitrogen and oxygen atoms in total. The Kier molecular flexibility index (Phi) is 6.03. The fourth-order valence-corrected chi connectivity index (χ4v) is 3.18. The Morgan fingerprint density at radius 1 is 1.00 bits per heavy atom. The second kappa shape index (κ2) is 9.22. The molecule has 0 aliphatic heterocycles. The molecule has 0 aliphatic carbocycles. The highest BCUT2D eigenvalue weighted by atomic mass is 19.1. The van der Waals surface area contributed by atoms with Crippen LogP contribution in [0, 0.1) is 12.7 Å². The number of benzene rings is 3. The average Bonchev–Trinajstić information content (AvgIpc) is 3.18. The summed E-state index contributed by atoms with van der Waals surface area (Å²) in [6.07, 6.45) is 5.07. The highest BCUT2D eigenvalue weighted by Gasteiger charge is 2.11. The smallest absolute Gasteiger partial charge is 0.248 e. The van der Waals surface area contributed by atoms with E-state index in [9.17, 15) is 9.18 Å². The first kappa shape index (κ1) is 20.3. The van der Waals surface area contributed by atoms with Crippen molar-refractivity contribution in [2.24, 2.45) is 0 Å². The quantitative estimate of drug-likeness (QED) is 0.422. The van der Waals surface area contributed by atoms with Gasteiger partial charge in [-0.25, -0.2) is 4.39 Å². The third-order valence-corrected chi connectivity index (χ3v) is 4.73. The number of nitrogens with one attached hydrogen (secondary N) is 1. The minimum atomic E-state index is -0.308. The number of hydrogen-bond acceptors (Lipinski definition) is 2. The van der Waals surface area contributed by atoms with Crippen molar-refractivity contribution in [3.63, 3.8) is 0 Å². The van der Waals surface area contributed by atoms with Crippen LogP contribution in [0.3, 0.4) is 0 Å². The van der Waals surface area contributed by atoms with Crippen molar-refractivity contribution in [3.05, 3.63) is 121 Å². The summed E-state index contributed by atoms with van der Waals surface area (Å²) in [6.45, 7) is 4.42. The maximum absolute atomic E-state index is 13.4. The van der Waals surface area contributed by atoms with E-state index in [0.717, 1.165) is 22.3 Å². The zero-order valence-electron chi connectivity index (χ0n) is 16.8. The SMILES string of the molecule is [CH2]c1ccc(NC(=O)/C=C/c2cn(Cc3ccccc3)nc2-c2ccc(F)cc2)cc1. The lowest BCUT2D eigenvalue weighted by molar-refractivity contribution is -0.111. The summed E-state index contributed by atoms with van der Waals surface area (Å²) >= 11 is 0. The summed E-state index contributed by atoms with van der Waals surface area (Å²) in [6, 6.07) is 23.4. The van der Waals surface area contributed by atoms with Gasteiger partial charge < -0.3 is 5.32 Å². The van der Waals surface area contributed by atoms with Gasteiger partial charge in [0.1, 0.15) is 5.82 Å². The van der Waals surface area contributed by atoms with Crippen molar-refractivity contribution >= 4 is 17.7 Å². The highest BCUT2D eigenvalue weighted by Crippen LogP contribution is 2.24. The number of carbonyl (C=O) groups excluding carboxylic acids is 1. The number of nitrogens with zero attached hydrogens (tertiary/aromatic N) is 2. The molecule has 0 spiro atoms. The lowest BCUT2D eigenvalue weighted by atomic mass is 10.1. The van der Waals surface area contributed by atoms with Gasteiger partial charge in [0.25, 0.3) is 0 Å². The number of hydrogen-bond donors (Lipinski definition) is 1. The molecule has 0 fully saturated rings. The molecule has 1 N–H and O–H groups in total. The normalized spacial score (nSPS) is 11.0. The van der Waals surface area contributed by atoms with Crippen LogP contribution < -0.4 is 5.32 Å². The van der Waals surface area contributed by atoms with Crippen molar-refractivity contribution in [2.45, 2.75) is 6.54 Å². The Morgan fingerprint density at radius 3 is 2.42 bits per heavy atom. The van der Waals surface area contributed by atoms with Gasteiger partial charge in [0.2, 0.25) is 5.91 Å². The Morgan fingerprint density at radius 2 is 1.71 bits per heavy atom. The Labute approximate surface area is 180 Å². The third-order valence-electron chi connectivity index (χ3n) is 4.73. The van der Waals surface area contributed by atoms with Crippen LogP contribution in [0.4, 0.5) is 10.1 Å². The fourth-order valence-electron chi connectivity index (χ4n) is 3.18. The van der Waals surface area contributed by atoms with E-state index in [0.29, 0.717) is 17.9 Å². The molecule has 3 aromatic carbocycles. The van der Waals surface area contributed by atoms with Crippen LogP contribution in [0.15, 0.2) is 91.1 Å². The average molecular weight is 410 g/mol. The molecule has 0 saturated heterocycles. The molecule has 0 bridgehead atoms. The van der Waals surface area contributed by atoms with E-state index in [4.69, 9.17) is 0 Å². The Balaban J connectivity index is 1.59. The molecule has 1 radical (unpaired) electrons. The highest BCUT2D eigenvalue weighted by molar-refractivity contribution is 6.02. The molecule has 0 saturated carbocycles. The van der Waals surface area contributed by atoms with Crippen LogP contribution in [0.25, 0.3) is 17.3 Å². The molecule has 5 heteroatoms. The Hall–Kier alpha value is -3.99. The van der Waals surface area contributed by atoms with Crippen LogP contribution in [-0.4, -0.2) is 15.7 Å². The van der Waals surface area contributed by atoms with Gasteiger partial charge in [-0.1, -0.05) is 42.5 Å². The number of halogens is 1. The molecule has 4 rings (SSSR count). The first-order chi connectivity index (χ1) is 15.1. The number of anilines is 1. The summed E-state index contributed by atoms with van der Waals surface area (Å²) in [7, 11) is 0. The predicted molar refractivity (Wildman–Crippen MR) is 122 cm³/mol. The summed E-state index contributed by atoms with van der Waals surface area (Å²) in [5, 5.41) is 7.50. The summed E-state index contributed by atoms with van der Waals surface area (Å²) in [4.78, 5) is 12.4. The molecular formula is C26H21FN3O. The molecule has 153 valence electrons. The van der Waals surface area contributed by atoms with Crippen LogP contribution in [0.5, 0.6) is 0 Å². The summed E-state index contributed by atoms with van der Waals surface area (Å²) in [5.41, 5.74) is 4.91. The van der Waals surface area contributed by atoms with Gasteiger partial charge >= 0.3 is 0 Å². The van der Waals surface area contributed by atoms with Gasteiger partial charge in [-0.05, 0) is 60.5 Å². The second-order valence-electron chi connectivity index (χ2n) is 7.14. The number of amides is 1. The Bertz CT molecular complexity index is 1190. The van der Waals surface area contributed by atoms with Crippen LogP contribution in [0.2, 0.25) is 0 Å². The largest absolute Gasteiger partial charge is 0.323 e. The van der Waals surface area contributed by atoms with Crippen molar-refractivity contribution in [1.29, 1.82) is 0 Å². The van der Waals surface area contributed by atoms with Gasteiger partial charge in [-0.15, -0.1) is 0 Å². The molecule has 0 atom stereocenters. The zero-order valence-corrected chi connectivity index (χ0v) is 16.8.